The van der Waals surface area contributed by atoms with E-state index in [9.17, 15) is 0 Å². The van der Waals surface area contributed by atoms with Gasteiger partial charge in [-0.25, -0.2) is 0 Å². The zero-order valence-corrected chi connectivity index (χ0v) is 16.0. The minimum atomic E-state index is -5.42. The predicted molar refractivity (Wildman–Crippen MR) is 78.2 cm³/mol. The third-order valence-corrected chi connectivity index (χ3v) is 1.28. The molecule has 0 heterocycles. The van der Waals surface area contributed by atoms with Gasteiger partial charge in [0.15, 0.2) is 0 Å². The van der Waals surface area contributed by atoms with Gasteiger partial charge in [0.2, 0.25) is 0 Å². The van der Waals surface area contributed by atoms with Gasteiger partial charge in [-0.1, -0.05) is 11.8 Å². The number of nitrogens with zero attached hydrogens (tertiary/aromatic N) is 1. The summed E-state index contributed by atoms with van der Waals surface area (Å²) in [5, 5.41) is 0. The average molecular weight is 447 g/mol. The van der Waals surface area contributed by atoms with E-state index in [1.54, 1.807) is 0 Å². The van der Waals surface area contributed by atoms with Gasteiger partial charge in [0.25, 0.3) is 11.6 Å². The molecular formula is C7H14Cl6NSb. The molecule has 0 aromatic heterocycles. The molecule has 0 aromatic carbocycles. The number of rotatable bonds is 1. The van der Waals surface area contributed by atoms with Gasteiger partial charge in [0, 0.05) is 20.3 Å². The van der Waals surface area contributed by atoms with Gasteiger partial charge in [0.05, 0.1) is 6.92 Å². The Bertz CT molecular complexity index is 254. The molecule has 0 amide bonds. The maximum atomic E-state index is 5.06. The fourth-order valence-corrected chi connectivity index (χ4v) is 0.382. The van der Waals surface area contributed by atoms with E-state index in [4.69, 9.17) is 53.0 Å². The molecule has 15 heavy (non-hydrogen) atoms. The predicted octanol–water partition coefficient (Wildman–Crippen LogP) is 6.28. The summed E-state index contributed by atoms with van der Waals surface area (Å²) in [5.41, 5.74) is 0.106. The van der Waals surface area contributed by atoms with Gasteiger partial charge >= 0.3 is 62.1 Å². The number of halogens is 6. The molecule has 0 spiro atoms. The van der Waals surface area contributed by atoms with Crippen LogP contribution in [-0.4, -0.2) is 14.7 Å². The summed E-state index contributed by atoms with van der Waals surface area (Å²) in [6, 6.07) is 2.78. The van der Waals surface area contributed by atoms with Crippen molar-refractivity contribution < 1.29 is 0 Å². The van der Waals surface area contributed by atoms with Crippen LogP contribution in [0.15, 0.2) is 0 Å². The summed E-state index contributed by atoms with van der Waals surface area (Å²) in [4.78, 5) is 4.12. The SMILES string of the molecule is CC#[N+]C(C)(C)CC.[Cl][Sb-]([Cl])([Cl])([Cl])([Cl])[Cl]. The molecular weight excluding hydrogens is 433 g/mol. The van der Waals surface area contributed by atoms with Crippen molar-refractivity contribution in [1.82, 2.24) is 0 Å². The maximum absolute atomic E-state index is 5.42. The molecule has 0 aromatic rings. The summed E-state index contributed by atoms with van der Waals surface area (Å²) in [5.74, 6) is 0. The molecule has 0 saturated carbocycles. The molecule has 0 radical (unpaired) electrons. The van der Waals surface area contributed by atoms with E-state index in [2.05, 4.69) is 31.7 Å². The van der Waals surface area contributed by atoms with Crippen molar-refractivity contribution in [2.24, 2.45) is 0 Å². The molecule has 1 nitrogen and oxygen atoms in total. The Balaban J connectivity index is 0. The Morgan fingerprint density at radius 1 is 1.07 bits per heavy atom. The summed E-state index contributed by atoms with van der Waals surface area (Å²) in [6.07, 6.45) is 1.08. The number of hydrogen-bond donors (Lipinski definition) is 0. The standard InChI is InChI=1S/C7H14N.6ClH.Sb/c1-5-7(3,4)8-6-2;;;;;;;/h5H2,1-4H3;6*1H;/q+1;;;;;;;+5/p-6. The van der Waals surface area contributed by atoms with Gasteiger partial charge in [-0.05, 0) is 0 Å². The van der Waals surface area contributed by atoms with Crippen LogP contribution in [0.1, 0.15) is 34.1 Å². The van der Waals surface area contributed by atoms with E-state index in [1.165, 1.54) is 0 Å². The zero-order chi connectivity index (χ0) is 13.0. The van der Waals surface area contributed by atoms with Crippen LogP contribution in [-0.2, 0) is 0 Å². The van der Waals surface area contributed by atoms with Gasteiger partial charge in [-0.2, -0.15) is 0 Å². The van der Waals surface area contributed by atoms with Crippen LogP contribution < -0.4 is 0 Å². The molecule has 0 saturated heterocycles. The Morgan fingerprint density at radius 2 is 1.33 bits per heavy atom. The van der Waals surface area contributed by atoms with E-state index in [0.717, 1.165) is 6.42 Å². The molecule has 0 aliphatic carbocycles. The minimum absolute atomic E-state index is 0.106. The van der Waals surface area contributed by atoms with Crippen LogP contribution in [0.25, 0.3) is 4.85 Å². The molecule has 8 heteroatoms. The second-order valence-electron chi connectivity index (χ2n) is 3.46. The van der Waals surface area contributed by atoms with Crippen molar-refractivity contribution in [2.75, 3.05) is 0 Å². The second-order valence-corrected chi connectivity index (χ2v) is 60.4. The summed E-state index contributed by atoms with van der Waals surface area (Å²) in [7, 11) is 25.0. The van der Waals surface area contributed by atoms with E-state index < -0.39 is 9.14 Å². The van der Waals surface area contributed by atoms with E-state index in [-0.39, 0.29) is 5.54 Å². The van der Waals surface area contributed by atoms with Crippen LogP contribution in [0.3, 0.4) is 0 Å². The fraction of sp³-hybridized carbons (Fsp3) is 0.857. The molecule has 0 aliphatic heterocycles. The van der Waals surface area contributed by atoms with Gasteiger partial charge in [0.1, 0.15) is 0 Å². The molecule has 0 atom stereocenters. The summed E-state index contributed by atoms with van der Waals surface area (Å²) >= 11 is 0. The monoisotopic (exact) mass is 443 g/mol. The molecule has 94 valence electrons. The molecule has 0 unspecified atom stereocenters. The molecule has 0 rings (SSSR count). The first-order chi connectivity index (χ1) is 6.07. The first-order valence-electron chi connectivity index (χ1n) is 4.02. The van der Waals surface area contributed by atoms with E-state index >= 15 is 0 Å². The number of hydrogen-bond acceptors (Lipinski definition) is 0. The van der Waals surface area contributed by atoms with Gasteiger partial charge in [-0.3, -0.25) is 0 Å². The fourth-order valence-electron chi connectivity index (χ4n) is 0.382. The third-order valence-electron chi connectivity index (χ3n) is 1.28. The Labute approximate surface area is 111 Å². The quantitative estimate of drug-likeness (QED) is 0.417. The first-order valence-corrected chi connectivity index (χ1v) is 23.4. The summed E-state index contributed by atoms with van der Waals surface area (Å²) < 4.78 is 0. The topological polar surface area (TPSA) is 4.36 Å². The average Bonchev–Trinajstić information content (AvgIpc) is 1.80. The van der Waals surface area contributed by atoms with E-state index in [0.29, 0.717) is 0 Å². The molecule has 0 aliphatic rings. The van der Waals surface area contributed by atoms with Crippen molar-refractivity contribution in [2.45, 2.75) is 39.7 Å². The van der Waals surface area contributed by atoms with Crippen molar-refractivity contribution in [3.05, 3.63) is 4.85 Å². The van der Waals surface area contributed by atoms with Gasteiger partial charge in [-0.15, -0.1) is 0 Å². The van der Waals surface area contributed by atoms with Crippen LogP contribution >= 0.6 is 53.0 Å². The zero-order valence-electron chi connectivity index (χ0n) is 8.87. The summed E-state index contributed by atoms with van der Waals surface area (Å²) in [6.45, 7) is 8.16. The van der Waals surface area contributed by atoms with Crippen molar-refractivity contribution in [3.8, 4) is 6.07 Å². The van der Waals surface area contributed by atoms with Crippen molar-refractivity contribution in [3.63, 3.8) is 0 Å². The van der Waals surface area contributed by atoms with E-state index in [1.807, 2.05) is 6.92 Å². The Kier molecular flexibility index (Phi) is 6.92. The van der Waals surface area contributed by atoms with Crippen LogP contribution in [0.2, 0.25) is 0 Å². The molecule has 0 N–H and O–H groups in total. The molecule has 0 bridgehead atoms. The Morgan fingerprint density at radius 3 is 1.40 bits per heavy atom. The first kappa shape index (κ1) is 19.4. The second kappa shape index (κ2) is 5.36. The Hall–Kier alpha value is 2.05. The normalized spacial score (nSPS) is 16.1. The van der Waals surface area contributed by atoms with Crippen LogP contribution in [0.4, 0.5) is 0 Å². The van der Waals surface area contributed by atoms with Crippen molar-refractivity contribution in [1.29, 1.82) is 0 Å². The van der Waals surface area contributed by atoms with Crippen LogP contribution in [0, 0.1) is 6.07 Å². The van der Waals surface area contributed by atoms with Crippen LogP contribution in [0.5, 0.6) is 0 Å². The third kappa shape index (κ3) is 38.7. The van der Waals surface area contributed by atoms with Crippen molar-refractivity contribution >= 4 is 62.1 Å². The molecule has 0 fully saturated rings. The van der Waals surface area contributed by atoms with Gasteiger partial charge < -0.3 is 0 Å².